The smallest absolute Gasteiger partial charge is 0.193 e. The second-order valence-electron chi connectivity index (χ2n) is 6.10. The molecule has 1 heterocycles. The summed E-state index contributed by atoms with van der Waals surface area (Å²) < 4.78 is 16.4. The van der Waals surface area contributed by atoms with Crippen molar-refractivity contribution in [1.29, 1.82) is 0 Å². The molecule has 7 nitrogen and oxygen atoms in total. The van der Waals surface area contributed by atoms with Gasteiger partial charge in [-0.05, 0) is 17.7 Å². The fourth-order valence-electron chi connectivity index (χ4n) is 3.03. The van der Waals surface area contributed by atoms with Gasteiger partial charge in [0.05, 0.1) is 33.5 Å². The summed E-state index contributed by atoms with van der Waals surface area (Å²) in [5.41, 5.74) is 1.18. The quantitative estimate of drug-likeness (QED) is 0.383. The molecule has 0 bridgehead atoms. The van der Waals surface area contributed by atoms with Crippen molar-refractivity contribution in [3.63, 3.8) is 0 Å². The summed E-state index contributed by atoms with van der Waals surface area (Å²) in [4.78, 5) is 8.71. The van der Waals surface area contributed by atoms with Crippen molar-refractivity contribution >= 4 is 29.9 Å². The second-order valence-corrected chi connectivity index (χ2v) is 6.10. The number of hydrogen-bond acceptors (Lipinski definition) is 5. The Morgan fingerprint density at radius 1 is 1.23 bits per heavy atom. The first-order chi connectivity index (χ1) is 12.1. The molecule has 1 unspecified atom stereocenters. The number of ether oxygens (including phenoxy) is 3. The molecule has 1 aromatic rings. The highest BCUT2D eigenvalue weighted by molar-refractivity contribution is 14.0. The molecule has 1 saturated heterocycles. The van der Waals surface area contributed by atoms with Crippen LogP contribution in [0.5, 0.6) is 11.5 Å². The molecule has 0 spiro atoms. The number of morpholine rings is 1. The average Bonchev–Trinajstić information content (AvgIpc) is 2.65. The number of nitrogens with zero attached hydrogens (tertiary/aromatic N) is 3. The van der Waals surface area contributed by atoms with Gasteiger partial charge >= 0.3 is 0 Å². The zero-order valence-electron chi connectivity index (χ0n) is 16.3. The molecule has 0 radical (unpaired) electrons. The fraction of sp³-hybridized carbons (Fsp3) is 0.611. The Labute approximate surface area is 173 Å². The SMILES string of the molecule is CN=C(NCC(c1ccc(OC)c(OC)c1)N1CCOCC1)N(C)C.I. The van der Waals surface area contributed by atoms with E-state index in [-0.39, 0.29) is 30.0 Å². The van der Waals surface area contributed by atoms with Crippen LogP contribution in [0, 0.1) is 0 Å². The first-order valence-corrected chi connectivity index (χ1v) is 8.52. The van der Waals surface area contributed by atoms with Crippen LogP contribution < -0.4 is 14.8 Å². The van der Waals surface area contributed by atoms with Crippen LogP contribution in [0.25, 0.3) is 0 Å². The Hall–Kier alpha value is -1.26. The van der Waals surface area contributed by atoms with Gasteiger partial charge in [-0.2, -0.15) is 0 Å². The van der Waals surface area contributed by atoms with Gasteiger partial charge in [-0.3, -0.25) is 9.89 Å². The Balaban J connectivity index is 0.00000338. The molecule has 1 fully saturated rings. The van der Waals surface area contributed by atoms with Gasteiger partial charge in [0.2, 0.25) is 0 Å². The summed E-state index contributed by atoms with van der Waals surface area (Å²) in [6.07, 6.45) is 0. The van der Waals surface area contributed by atoms with Crippen molar-refractivity contribution in [2.75, 3.05) is 68.2 Å². The van der Waals surface area contributed by atoms with Crippen LogP contribution in [0.1, 0.15) is 11.6 Å². The monoisotopic (exact) mass is 478 g/mol. The summed E-state index contributed by atoms with van der Waals surface area (Å²) in [5.74, 6) is 2.35. The molecule has 0 saturated carbocycles. The van der Waals surface area contributed by atoms with E-state index in [0.29, 0.717) is 0 Å². The number of aliphatic imine (C=N–C) groups is 1. The van der Waals surface area contributed by atoms with E-state index in [1.165, 1.54) is 5.56 Å². The minimum Gasteiger partial charge on any atom is -0.493 e. The third kappa shape index (κ3) is 5.88. The van der Waals surface area contributed by atoms with E-state index in [1.54, 1.807) is 21.3 Å². The van der Waals surface area contributed by atoms with Crippen LogP contribution in [0.15, 0.2) is 23.2 Å². The van der Waals surface area contributed by atoms with E-state index < -0.39 is 0 Å². The molecular weight excluding hydrogens is 447 g/mol. The van der Waals surface area contributed by atoms with Crippen molar-refractivity contribution < 1.29 is 14.2 Å². The van der Waals surface area contributed by atoms with Crippen LogP contribution >= 0.6 is 24.0 Å². The van der Waals surface area contributed by atoms with Crippen LogP contribution in [0.3, 0.4) is 0 Å². The predicted molar refractivity (Wildman–Crippen MR) is 115 cm³/mol. The van der Waals surface area contributed by atoms with Gasteiger partial charge in [0.1, 0.15) is 0 Å². The number of methoxy groups -OCH3 is 2. The summed E-state index contributed by atoms with van der Waals surface area (Å²) in [5, 5.41) is 3.45. The lowest BCUT2D eigenvalue weighted by atomic mass is 10.0. The van der Waals surface area contributed by atoms with Crippen molar-refractivity contribution in [3.05, 3.63) is 23.8 Å². The predicted octanol–water partition coefficient (Wildman–Crippen LogP) is 1.83. The molecule has 0 amide bonds. The summed E-state index contributed by atoms with van der Waals surface area (Å²) >= 11 is 0. The summed E-state index contributed by atoms with van der Waals surface area (Å²) in [7, 11) is 9.07. The maximum absolute atomic E-state index is 5.51. The van der Waals surface area contributed by atoms with Crippen molar-refractivity contribution in [1.82, 2.24) is 15.1 Å². The molecule has 1 aromatic carbocycles. The van der Waals surface area contributed by atoms with Crippen LogP contribution in [-0.2, 0) is 4.74 Å². The zero-order valence-corrected chi connectivity index (χ0v) is 18.6. The first-order valence-electron chi connectivity index (χ1n) is 8.52. The molecule has 1 atom stereocenters. The lowest BCUT2D eigenvalue weighted by Crippen LogP contribution is -2.46. The number of guanidine groups is 1. The minimum absolute atomic E-state index is 0. The first kappa shape index (κ1) is 22.8. The number of rotatable bonds is 6. The molecule has 1 aliphatic heterocycles. The Kier molecular flexibility index (Phi) is 10.0. The zero-order chi connectivity index (χ0) is 18.2. The Morgan fingerprint density at radius 3 is 2.42 bits per heavy atom. The Bertz CT molecular complexity index is 578. The highest BCUT2D eigenvalue weighted by atomic mass is 127. The highest BCUT2D eigenvalue weighted by Gasteiger charge is 2.24. The number of hydrogen-bond donors (Lipinski definition) is 1. The van der Waals surface area contributed by atoms with Crippen LogP contribution in [0.4, 0.5) is 0 Å². The molecule has 0 aromatic heterocycles. The van der Waals surface area contributed by atoms with Gasteiger partial charge in [0, 0.05) is 40.8 Å². The van der Waals surface area contributed by atoms with Gasteiger partial charge in [-0.15, -0.1) is 24.0 Å². The number of benzene rings is 1. The van der Waals surface area contributed by atoms with Crippen molar-refractivity contribution in [2.45, 2.75) is 6.04 Å². The average molecular weight is 478 g/mol. The normalized spacial score (nSPS) is 16.4. The van der Waals surface area contributed by atoms with Crippen LogP contribution in [-0.4, -0.2) is 84.0 Å². The van der Waals surface area contributed by atoms with Gasteiger partial charge in [0.15, 0.2) is 17.5 Å². The molecule has 1 N–H and O–H groups in total. The number of halogens is 1. The summed E-state index contributed by atoms with van der Waals surface area (Å²) in [6, 6.07) is 6.31. The lowest BCUT2D eigenvalue weighted by molar-refractivity contribution is 0.0169. The molecule has 0 aliphatic carbocycles. The molecule has 26 heavy (non-hydrogen) atoms. The van der Waals surface area contributed by atoms with E-state index in [1.807, 2.05) is 25.1 Å². The third-order valence-corrected chi connectivity index (χ3v) is 4.37. The minimum atomic E-state index is 0. The molecular formula is C18H31IN4O3. The molecule has 2 rings (SSSR count). The van der Waals surface area contributed by atoms with E-state index in [0.717, 1.165) is 50.3 Å². The van der Waals surface area contributed by atoms with Crippen molar-refractivity contribution in [2.24, 2.45) is 4.99 Å². The third-order valence-electron chi connectivity index (χ3n) is 4.37. The fourth-order valence-corrected chi connectivity index (χ4v) is 3.03. The van der Waals surface area contributed by atoms with E-state index in [9.17, 15) is 0 Å². The van der Waals surface area contributed by atoms with E-state index >= 15 is 0 Å². The maximum atomic E-state index is 5.51. The topological polar surface area (TPSA) is 58.6 Å². The van der Waals surface area contributed by atoms with Gasteiger partial charge in [-0.25, -0.2) is 0 Å². The lowest BCUT2D eigenvalue weighted by Gasteiger charge is -2.35. The maximum Gasteiger partial charge on any atom is 0.193 e. The standard InChI is InChI=1S/C18H30N4O3.HI/c1-19-18(21(2)3)20-13-15(22-8-10-25-11-9-22)14-6-7-16(23-4)17(12-14)24-5;/h6-7,12,15H,8-11,13H2,1-5H3,(H,19,20);1H. The summed E-state index contributed by atoms with van der Waals surface area (Å²) in [6.45, 7) is 4.07. The van der Waals surface area contributed by atoms with Gasteiger partial charge in [0.25, 0.3) is 0 Å². The second kappa shape index (κ2) is 11.5. The van der Waals surface area contributed by atoms with Gasteiger partial charge in [-0.1, -0.05) is 6.07 Å². The molecule has 8 heteroatoms. The molecule has 1 aliphatic rings. The van der Waals surface area contributed by atoms with E-state index in [2.05, 4.69) is 27.3 Å². The van der Waals surface area contributed by atoms with Gasteiger partial charge < -0.3 is 24.4 Å². The van der Waals surface area contributed by atoms with E-state index in [4.69, 9.17) is 14.2 Å². The molecule has 148 valence electrons. The van der Waals surface area contributed by atoms with Crippen LogP contribution in [0.2, 0.25) is 0 Å². The van der Waals surface area contributed by atoms with Crippen molar-refractivity contribution in [3.8, 4) is 11.5 Å². The largest absolute Gasteiger partial charge is 0.493 e. The Morgan fingerprint density at radius 2 is 1.88 bits per heavy atom. The number of nitrogens with one attached hydrogen (secondary N) is 1. The highest BCUT2D eigenvalue weighted by Crippen LogP contribution is 2.32.